The lowest BCUT2D eigenvalue weighted by Gasteiger charge is -2.16. The highest BCUT2D eigenvalue weighted by atomic mass is 16.6. The van der Waals surface area contributed by atoms with Crippen molar-refractivity contribution in [3.05, 3.63) is 48.4 Å². The van der Waals surface area contributed by atoms with E-state index in [2.05, 4.69) is 35.9 Å². The molecule has 4 N–H and O–H groups in total. The van der Waals surface area contributed by atoms with E-state index in [1.807, 2.05) is 37.3 Å². The van der Waals surface area contributed by atoms with E-state index in [0.717, 1.165) is 12.0 Å². The van der Waals surface area contributed by atoms with Crippen molar-refractivity contribution in [2.75, 3.05) is 18.9 Å². The highest BCUT2D eigenvalue weighted by Crippen LogP contribution is 2.33. The summed E-state index contributed by atoms with van der Waals surface area (Å²) < 4.78 is 8.91. The number of imidazole rings is 1. The summed E-state index contributed by atoms with van der Waals surface area (Å²) in [6.45, 7) is 3.22. The van der Waals surface area contributed by atoms with E-state index in [9.17, 15) is 15.0 Å². The molecule has 4 heterocycles. The zero-order chi connectivity index (χ0) is 25.2. The minimum absolute atomic E-state index is 0.304. The lowest BCUT2D eigenvalue weighted by molar-refractivity contribution is -0.137. The minimum Gasteiger partial charge on any atom is -0.387 e. The number of carbonyl (C=O) groups excluding carboxylic acids is 1. The molecule has 13 nitrogen and oxygen atoms in total. The van der Waals surface area contributed by atoms with Gasteiger partial charge in [0.15, 0.2) is 40.8 Å². The molecule has 188 valence electrons. The molecular weight excluding hydrogens is 466 g/mol. The Morgan fingerprint density at radius 2 is 1.97 bits per heavy atom. The molecule has 3 aromatic heterocycles. The number of benzene rings is 1. The first-order valence-electron chi connectivity index (χ1n) is 11.7. The number of hydrogen-bond acceptors (Lipinski definition) is 10. The third-order valence-corrected chi connectivity index (χ3v) is 5.94. The van der Waals surface area contributed by atoms with Crippen LogP contribution in [0.1, 0.15) is 25.1 Å². The highest BCUT2D eigenvalue weighted by Gasteiger charge is 2.47. The molecule has 4 aromatic rings. The van der Waals surface area contributed by atoms with Gasteiger partial charge < -0.3 is 25.6 Å². The van der Waals surface area contributed by atoms with Crippen molar-refractivity contribution < 1.29 is 19.7 Å². The van der Waals surface area contributed by atoms with Gasteiger partial charge in [0.2, 0.25) is 0 Å². The van der Waals surface area contributed by atoms with Gasteiger partial charge in [-0.15, -0.1) is 5.10 Å². The maximum absolute atomic E-state index is 12.1. The average molecular weight is 494 g/mol. The number of carbonyl (C=O) groups is 1. The van der Waals surface area contributed by atoms with Gasteiger partial charge in [-0.05, 0) is 12.0 Å². The predicted octanol–water partition coefficient (Wildman–Crippen LogP) is 0.320. The lowest BCUT2D eigenvalue weighted by atomic mass is 10.1. The zero-order valence-corrected chi connectivity index (χ0v) is 19.8. The Morgan fingerprint density at radius 1 is 1.17 bits per heavy atom. The summed E-state index contributed by atoms with van der Waals surface area (Å²) in [5, 5.41) is 35.2. The summed E-state index contributed by atoms with van der Waals surface area (Å²) in [7, 11) is 1.43. The predicted molar refractivity (Wildman–Crippen MR) is 129 cm³/mol. The van der Waals surface area contributed by atoms with Gasteiger partial charge in [0.05, 0.1) is 19.1 Å². The fourth-order valence-electron chi connectivity index (χ4n) is 4.08. The number of aliphatic hydroxyl groups excluding tert-OH is 2. The van der Waals surface area contributed by atoms with Gasteiger partial charge >= 0.3 is 0 Å². The molecule has 1 aromatic carbocycles. The molecule has 1 unspecified atom stereocenters. The topological polar surface area (TPSA) is 165 Å². The number of fused-ring (bicyclic) bond motifs is 1. The van der Waals surface area contributed by atoms with E-state index in [-0.39, 0.29) is 0 Å². The third kappa shape index (κ3) is 4.39. The van der Waals surface area contributed by atoms with Crippen LogP contribution in [0.3, 0.4) is 0 Å². The lowest BCUT2D eigenvalue weighted by Crippen LogP contribution is -2.41. The summed E-state index contributed by atoms with van der Waals surface area (Å²) in [5.74, 6) is 0.256. The van der Waals surface area contributed by atoms with Gasteiger partial charge in [-0.2, -0.15) is 0 Å². The summed E-state index contributed by atoms with van der Waals surface area (Å²) in [4.78, 5) is 25.8. The Hall–Kier alpha value is -3.94. The van der Waals surface area contributed by atoms with Crippen LogP contribution in [0.5, 0.6) is 0 Å². The van der Waals surface area contributed by atoms with Crippen molar-refractivity contribution >= 4 is 22.9 Å². The molecule has 4 atom stereocenters. The number of likely N-dealkylation sites (N-methyl/N-ethyl adjacent to an activating group) is 1. The molecule has 1 saturated heterocycles. The summed E-state index contributed by atoms with van der Waals surface area (Å²) in [6.07, 6.45) is -1.04. The van der Waals surface area contributed by atoms with Gasteiger partial charge in [-0.25, -0.2) is 19.6 Å². The van der Waals surface area contributed by atoms with Gasteiger partial charge in [-0.1, -0.05) is 42.5 Å². The molecule has 5 rings (SSSR count). The third-order valence-electron chi connectivity index (χ3n) is 5.94. The number of nitrogens with one attached hydrogen (secondary N) is 2. The second-order valence-corrected chi connectivity index (χ2v) is 8.48. The van der Waals surface area contributed by atoms with E-state index in [0.29, 0.717) is 41.6 Å². The molecule has 0 bridgehead atoms. The zero-order valence-electron chi connectivity index (χ0n) is 19.8. The number of rotatable bonds is 8. The van der Waals surface area contributed by atoms with Crippen molar-refractivity contribution in [2.45, 2.75) is 44.4 Å². The molecule has 13 heteroatoms. The first-order valence-corrected chi connectivity index (χ1v) is 11.7. The average Bonchev–Trinajstić information content (AvgIpc) is 3.61. The maximum atomic E-state index is 12.1. The number of nitrogens with zero attached hydrogens (tertiary/aromatic N) is 7. The van der Waals surface area contributed by atoms with Crippen LogP contribution in [0.2, 0.25) is 0 Å². The second-order valence-electron chi connectivity index (χ2n) is 8.48. The first-order chi connectivity index (χ1) is 17.5. The first kappa shape index (κ1) is 23.8. The Kier molecular flexibility index (Phi) is 6.59. The minimum atomic E-state index is -1.41. The maximum Gasteiger partial charge on any atom is 0.251 e. The fraction of sp³-hybridized carbons (Fsp3) is 0.391. The molecule has 1 aliphatic heterocycles. The monoisotopic (exact) mass is 493 g/mol. The molecule has 1 amide bonds. The normalized spacial score (nSPS) is 21.7. The van der Waals surface area contributed by atoms with E-state index in [1.165, 1.54) is 17.9 Å². The second kappa shape index (κ2) is 9.97. The SMILES string of the molecule is CCCNc1nc(-c2cn(Cc3ccccc3)nn2)nc2c1ncn2C1O[C@H](C(=O)NC)[C@@H](O)[C@H]1O. The fourth-order valence-corrected chi connectivity index (χ4v) is 4.08. The molecule has 1 aliphatic rings. The van der Waals surface area contributed by atoms with Gasteiger partial charge in [0.25, 0.3) is 5.91 Å². The van der Waals surface area contributed by atoms with E-state index in [4.69, 9.17) is 4.74 Å². The van der Waals surface area contributed by atoms with Crippen LogP contribution in [0, 0.1) is 0 Å². The van der Waals surface area contributed by atoms with Gasteiger partial charge in [0.1, 0.15) is 12.2 Å². The molecule has 36 heavy (non-hydrogen) atoms. The van der Waals surface area contributed by atoms with Crippen LogP contribution in [-0.2, 0) is 16.1 Å². The van der Waals surface area contributed by atoms with E-state index < -0.39 is 30.4 Å². The molecule has 0 saturated carbocycles. The van der Waals surface area contributed by atoms with Crippen molar-refractivity contribution in [2.24, 2.45) is 0 Å². The highest BCUT2D eigenvalue weighted by molar-refractivity contribution is 5.85. The number of hydrogen-bond donors (Lipinski definition) is 4. The smallest absolute Gasteiger partial charge is 0.251 e. The molecule has 0 radical (unpaired) electrons. The van der Waals surface area contributed by atoms with Crippen molar-refractivity contribution in [3.8, 4) is 11.5 Å². The molecule has 1 fully saturated rings. The van der Waals surface area contributed by atoms with Crippen LogP contribution >= 0.6 is 0 Å². The van der Waals surface area contributed by atoms with E-state index in [1.54, 1.807) is 10.9 Å². The van der Waals surface area contributed by atoms with Crippen LogP contribution in [0.25, 0.3) is 22.7 Å². The molecule has 0 aliphatic carbocycles. The van der Waals surface area contributed by atoms with Crippen molar-refractivity contribution in [1.82, 2.24) is 39.8 Å². The quantitative estimate of drug-likeness (QED) is 0.269. The summed E-state index contributed by atoms with van der Waals surface area (Å²) >= 11 is 0. The van der Waals surface area contributed by atoms with Crippen LogP contribution in [-0.4, -0.2) is 82.5 Å². The van der Waals surface area contributed by atoms with E-state index >= 15 is 0 Å². The number of amides is 1. The number of anilines is 1. The van der Waals surface area contributed by atoms with Crippen LogP contribution in [0.4, 0.5) is 5.82 Å². The van der Waals surface area contributed by atoms with Crippen molar-refractivity contribution in [3.63, 3.8) is 0 Å². The summed E-state index contributed by atoms with van der Waals surface area (Å²) in [6, 6.07) is 9.88. The van der Waals surface area contributed by atoms with Crippen LogP contribution < -0.4 is 10.6 Å². The number of ether oxygens (including phenoxy) is 1. The van der Waals surface area contributed by atoms with Crippen molar-refractivity contribution in [1.29, 1.82) is 0 Å². The Balaban J connectivity index is 1.53. The molecular formula is C23H27N9O4. The number of aromatic nitrogens is 7. The molecule has 0 spiro atoms. The number of aliphatic hydroxyl groups is 2. The Morgan fingerprint density at radius 3 is 2.72 bits per heavy atom. The Bertz CT molecular complexity index is 1360. The summed E-state index contributed by atoms with van der Waals surface area (Å²) in [5.41, 5.74) is 2.34. The largest absolute Gasteiger partial charge is 0.387 e. The van der Waals surface area contributed by atoms with Gasteiger partial charge in [0, 0.05) is 13.6 Å². The van der Waals surface area contributed by atoms with Gasteiger partial charge in [-0.3, -0.25) is 9.36 Å². The Labute approximate surface area is 206 Å². The standard InChI is InChI=1S/C23H27N9O4/c1-3-9-25-20-15-21(32(12-26-15)23-17(34)16(33)18(36-23)22(35)24-2)28-19(27-20)14-11-31(30-29-14)10-13-7-5-4-6-8-13/h4-8,11-12,16-18,23,33-34H,3,9-10H2,1-2H3,(H,24,35)(H,25,27,28)/t16-,17+,18-,23?/m0/s1. The van der Waals surface area contributed by atoms with Crippen LogP contribution in [0.15, 0.2) is 42.9 Å².